The van der Waals surface area contributed by atoms with Gasteiger partial charge in [0.1, 0.15) is 28.5 Å². The van der Waals surface area contributed by atoms with Crippen LogP contribution in [0, 0.1) is 0 Å². The van der Waals surface area contributed by atoms with Crippen LogP contribution >= 0.6 is 0 Å². The summed E-state index contributed by atoms with van der Waals surface area (Å²) in [6.45, 7) is 12.2. The molecule has 4 aromatic carbocycles. The lowest BCUT2D eigenvalue weighted by Gasteiger charge is -2.45. The average molecular weight is 621 g/mol. The highest BCUT2D eigenvalue weighted by molar-refractivity contribution is 6.02. The molecule has 0 atom stereocenters. The Morgan fingerprint density at radius 2 is 1.37 bits per heavy atom. The standard InChI is InChI=1S/C37H40N4O5/c1-5-39(6-2)24-13-17-30-33(21-24)46-34-22-25(40(7-3)8-4)14-18-31(34)37(30)29-12-10-9-11-27(29)36(45)41(37)20-19-38-35(44)28-16-15-26(42)23-32(28)43/h9-18,21-23,42-43H,5-8,19-20H2,1-4H3,(H,38,44). The summed E-state index contributed by atoms with van der Waals surface area (Å²) in [5.41, 5.74) is 4.27. The third kappa shape index (κ3) is 4.87. The number of benzene rings is 4. The van der Waals surface area contributed by atoms with Crippen LogP contribution in [0.15, 0.2) is 78.9 Å². The Hall–Kier alpha value is -5.18. The molecular formula is C37H40N4O5. The number of carbonyl (C=O) groups excluding carboxylic acids is 2. The van der Waals surface area contributed by atoms with Crippen LogP contribution in [0.5, 0.6) is 23.0 Å². The normalized spacial score (nSPS) is 13.9. The number of anilines is 2. The maximum Gasteiger partial charge on any atom is 0.255 e. The molecule has 2 aliphatic rings. The van der Waals surface area contributed by atoms with E-state index in [0.29, 0.717) is 17.1 Å². The first-order valence-corrected chi connectivity index (χ1v) is 16.0. The molecule has 6 rings (SSSR count). The fraction of sp³-hybridized carbons (Fsp3) is 0.297. The predicted octanol–water partition coefficient (Wildman–Crippen LogP) is 6.07. The van der Waals surface area contributed by atoms with Gasteiger partial charge in [-0.2, -0.15) is 0 Å². The molecule has 4 aromatic rings. The predicted molar refractivity (Wildman–Crippen MR) is 180 cm³/mol. The quantitative estimate of drug-likeness (QED) is 0.198. The van der Waals surface area contributed by atoms with E-state index in [1.807, 2.05) is 29.2 Å². The highest BCUT2D eigenvalue weighted by atomic mass is 16.5. The summed E-state index contributed by atoms with van der Waals surface area (Å²) in [6, 6.07) is 24.0. The Morgan fingerprint density at radius 3 is 1.93 bits per heavy atom. The minimum atomic E-state index is -1.01. The fourth-order valence-corrected chi connectivity index (χ4v) is 6.99. The molecule has 9 nitrogen and oxygen atoms in total. The number of aromatic hydroxyl groups is 2. The monoisotopic (exact) mass is 620 g/mol. The van der Waals surface area contributed by atoms with E-state index >= 15 is 0 Å². The van der Waals surface area contributed by atoms with Gasteiger partial charge in [-0.15, -0.1) is 0 Å². The second-order valence-corrected chi connectivity index (χ2v) is 11.5. The molecule has 1 spiro atoms. The van der Waals surface area contributed by atoms with Gasteiger partial charge in [-0.25, -0.2) is 0 Å². The molecule has 3 N–H and O–H groups in total. The summed E-state index contributed by atoms with van der Waals surface area (Å²) in [5.74, 6) is 0.260. The van der Waals surface area contributed by atoms with Crippen LogP contribution < -0.4 is 19.9 Å². The zero-order valence-corrected chi connectivity index (χ0v) is 26.7. The number of rotatable bonds is 10. The average Bonchev–Trinajstić information content (AvgIpc) is 3.30. The largest absolute Gasteiger partial charge is 0.508 e. The molecule has 0 fully saturated rings. The topological polar surface area (TPSA) is 106 Å². The Morgan fingerprint density at radius 1 is 0.783 bits per heavy atom. The molecule has 0 aliphatic carbocycles. The summed E-state index contributed by atoms with van der Waals surface area (Å²) >= 11 is 0. The van der Waals surface area contributed by atoms with E-state index in [4.69, 9.17) is 4.74 Å². The Labute approximate surface area is 269 Å². The van der Waals surface area contributed by atoms with Crippen molar-refractivity contribution in [2.24, 2.45) is 0 Å². The number of nitrogens with one attached hydrogen (secondary N) is 1. The van der Waals surface area contributed by atoms with Crippen molar-refractivity contribution in [3.8, 4) is 23.0 Å². The summed E-state index contributed by atoms with van der Waals surface area (Å²) in [7, 11) is 0. The van der Waals surface area contributed by atoms with E-state index in [1.54, 1.807) is 0 Å². The molecule has 0 radical (unpaired) electrons. The van der Waals surface area contributed by atoms with Crippen LogP contribution in [0.4, 0.5) is 11.4 Å². The van der Waals surface area contributed by atoms with Crippen molar-refractivity contribution in [3.05, 3.63) is 107 Å². The van der Waals surface area contributed by atoms with E-state index < -0.39 is 11.4 Å². The summed E-state index contributed by atoms with van der Waals surface area (Å²) < 4.78 is 6.74. The molecule has 0 aromatic heterocycles. The van der Waals surface area contributed by atoms with Crippen molar-refractivity contribution in [2.45, 2.75) is 33.2 Å². The minimum Gasteiger partial charge on any atom is -0.508 e. The second kappa shape index (κ2) is 12.3. The van der Waals surface area contributed by atoms with Crippen molar-refractivity contribution in [2.75, 3.05) is 49.1 Å². The van der Waals surface area contributed by atoms with Crippen LogP contribution in [0.3, 0.4) is 0 Å². The number of amides is 2. The van der Waals surface area contributed by atoms with Crippen molar-refractivity contribution in [1.82, 2.24) is 10.2 Å². The number of fused-ring (bicyclic) bond motifs is 6. The van der Waals surface area contributed by atoms with Gasteiger partial charge in [0, 0.05) is 85.5 Å². The molecule has 0 unspecified atom stereocenters. The first kappa shape index (κ1) is 30.8. The van der Waals surface area contributed by atoms with E-state index in [9.17, 15) is 19.8 Å². The number of nitrogens with zero attached hydrogens (tertiary/aromatic N) is 3. The molecule has 0 bridgehead atoms. The summed E-state index contributed by atoms with van der Waals surface area (Å²) in [5, 5.41) is 22.8. The van der Waals surface area contributed by atoms with E-state index in [0.717, 1.165) is 60.3 Å². The fourth-order valence-electron chi connectivity index (χ4n) is 6.99. The smallest absolute Gasteiger partial charge is 0.255 e. The number of hydrogen-bond donors (Lipinski definition) is 3. The van der Waals surface area contributed by atoms with Gasteiger partial charge in [-0.3, -0.25) is 9.59 Å². The molecule has 0 saturated carbocycles. The summed E-state index contributed by atoms with van der Waals surface area (Å²) in [4.78, 5) is 33.8. The number of phenols is 2. The minimum absolute atomic E-state index is 0.0400. The lowest BCUT2D eigenvalue weighted by atomic mass is 9.74. The van der Waals surface area contributed by atoms with Crippen LogP contribution in [-0.4, -0.2) is 66.2 Å². The van der Waals surface area contributed by atoms with Gasteiger partial charge in [0.25, 0.3) is 11.8 Å². The van der Waals surface area contributed by atoms with Crippen molar-refractivity contribution >= 4 is 23.2 Å². The van der Waals surface area contributed by atoms with Gasteiger partial charge in [-0.1, -0.05) is 30.3 Å². The Kier molecular flexibility index (Phi) is 8.25. The Bertz CT molecular complexity index is 1740. The van der Waals surface area contributed by atoms with Gasteiger partial charge in [0.2, 0.25) is 0 Å². The number of phenolic OH excluding ortho intramolecular Hbond substituents is 2. The molecule has 238 valence electrons. The van der Waals surface area contributed by atoms with E-state index in [-0.39, 0.29) is 36.1 Å². The van der Waals surface area contributed by atoms with Gasteiger partial charge >= 0.3 is 0 Å². The molecule has 0 saturated heterocycles. The van der Waals surface area contributed by atoms with Gasteiger partial charge in [-0.05, 0) is 63.6 Å². The number of carbonyl (C=O) groups is 2. The molecule has 2 heterocycles. The molecule has 9 heteroatoms. The molecule has 46 heavy (non-hydrogen) atoms. The highest BCUT2D eigenvalue weighted by Gasteiger charge is 2.56. The van der Waals surface area contributed by atoms with Crippen molar-refractivity contribution < 1.29 is 24.5 Å². The van der Waals surface area contributed by atoms with Crippen molar-refractivity contribution in [1.29, 1.82) is 0 Å². The van der Waals surface area contributed by atoms with Crippen LogP contribution in [-0.2, 0) is 5.54 Å². The maximum absolute atomic E-state index is 14.4. The first-order chi connectivity index (χ1) is 22.3. The van der Waals surface area contributed by atoms with Crippen LogP contribution in [0.1, 0.15) is 65.1 Å². The van der Waals surface area contributed by atoms with Gasteiger partial charge < -0.3 is 35.0 Å². The van der Waals surface area contributed by atoms with E-state index in [2.05, 4.69) is 79.2 Å². The second-order valence-electron chi connectivity index (χ2n) is 11.5. The number of hydrogen-bond acceptors (Lipinski definition) is 7. The number of ether oxygens (including phenoxy) is 1. The van der Waals surface area contributed by atoms with Gasteiger partial charge in [0.15, 0.2) is 0 Å². The summed E-state index contributed by atoms with van der Waals surface area (Å²) in [6.07, 6.45) is 0. The van der Waals surface area contributed by atoms with Crippen LogP contribution in [0.2, 0.25) is 0 Å². The van der Waals surface area contributed by atoms with Crippen molar-refractivity contribution in [3.63, 3.8) is 0 Å². The lowest BCUT2D eigenvalue weighted by Crippen LogP contribution is -2.50. The Balaban J connectivity index is 1.49. The highest BCUT2D eigenvalue weighted by Crippen LogP contribution is 2.58. The maximum atomic E-state index is 14.4. The van der Waals surface area contributed by atoms with Gasteiger partial charge in [0.05, 0.1) is 5.56 Å². The third-order valence-electron chi connectivity index (χ3n) is 9.23. The molecule has 2 amide bonds. The lowest BCUT2D eigenvalue weighted by molar-refractivity contribution is 0.0660. The SMILES string of the molecule is CCN(CC)c1ccc2c(c1)Oc1cc(N(CC)CC)ccc1C21c2ccccc2C(=O)N1CCNC(=O)c1ccc(O)cc1O. The third-order valence-corrected chi connectivity index (χ3v) is 9.23. The zero-order chi connectivity index (χ0) is 32.6. The first-order valence-electron chi connectivity index (χ1n) is 16.0. The zero-order valence-electron chi connectivity index (χ0n) is 26.7. The van der Waals surface area contributed by atoms with E-state index in [1.165, 1.54) is 12.1 Å². The van der Waals surface area contributed by atoms with Crippen LogP contribution in [0.25, 0.3) is 0 Å². The molecule has 2 aliphatic heterocycles. The molecular weight excluding hydrogens is 580 g/mol.